The van der Waals surface area contributed by atoms with E-state index < -0.39 is 0 Å². The second-order valence-electron chi connectivity index (χ2n) is 8.85. The van der Waals surface area contributed by atoms with Crippen LogP contribution in [0.4, 0.5) is 0 Å². The number of hydrogen-bond acceptors (Lipinski definition) is 3. The average molecular weight is 480 g/mol. The second-order valence-corrected chi connectivity index (χ2v) is 11.2. The third-order valence-electron chi connectivity index (χ3n) is 6.97. The van der Waals surface area contributed by atoms with Crippen LogP contribution in [0.25, 0.3) is 15.7 Å². The van der Waals surface area contributed by atoms with E-state index in [0.29, 0.717) is 31.2 Å². The van der Waals surface area contributed by atoms with E-state index in [1.54, 1.807) is 22.6 Å². The van der Waals surface area contributed by atoms with Crippen LogP contribution in [0.5, 0.6) is 0 Å². The number of fused-ring (bicyclic) bond motifs is 5. The van der Waals surface area contributed by atoms with Gasteiger partial charge in [0.25, 0.3) is 0 Å². The van der Waals surface area contributed by atoms with Gasteiger partial charge in [-0.2, -0.15) is 0 Å². The fraction of sp³-hybridized carbons (Fsp3) is 0.143. The van der Waals surface area contributed by atoms with Gasteiger partial charge in [0.15, 0.2) is 0 Å². The van der Waals surface area contributed by atoms with E-state index in [4.69, 9.17) is 0 Å². The number of allylic oxidation sites excluding steroid dienone is 6. The predicted octanol–water partition coefficient (Wildman–Crippen LogP) is 5.00. The zero-order chi connectivity index (χ0) is 21.4. The van der Waals surface area contributed by atoms with E-state index in [-0.39, 0.29) is 11.6 Å². The van der Waals surface area contributed by atoms with Crippen molar-refractivity contribution in [1.29, 1.82) is 0 Å². The van der Waals surface area contributed by atoms with E-state index in [0.717, 1.165) is 31.5 Å². The van der Waals surface area contributed by atoms with Gasteiger partial charge in [-0.05, 0) is 0 Å². The van der Waals surface area contributed by atoms with E-state index in [1.165, 1.54) is 32.0 Å². The summed E-state index contributed by atoms with van der Waals surface area (Å²) in [7, 11) is 0. The molecule has 4 heteroatoms. The molecule has 3 aromatic rings. The van der Waals surface area contributed by atoms with Crippen molar-refractivity contribution in [2.75, 3.05) is 0 Å². The first-order valence-electron chi connectivity index (χ1n) is 10.9. The molecular weight excluding hydrogens is 461 g/mol. The van der Waals surface area contributed by atoms with Crippen molar-refractivity contribution in [2.24, 2.45) is 0 Å². The van der Waals surface area contributed by atoms with Gasteiger partial charge in [-0.3, -0.25) is 0 Å². The van der Waals surface area contributed by atoms with Gasteiger partial charge in [-0.15, -0.1) is 0 Å². The van der Waals surface area contributed by atoms with Crippen molar-refractivity contribution in [3.63, 3.8) is 0 Å². The Balaban J connectivity index is 1.11. The molecule has 1 aromatic heterocycles. The van der Waals surface area contributed by atoms with Gasteiger partial charge >= 0.3 is 192 Å². The number of rotatable bonds is 2. The molecule has 1 aliphatic heterocycles. The molecule has 0 atom stereocenters. The van der Waals surface area contributed by atoms with Crippen LogP contribution in [0.3, 0.4) is 0 Å². The van der Waals surface area contributed by atoms with Crippen molar-refractivity contribution in [1.82, 2.24) is 4.90 Å². The van der Waals surface area contributed by atoms with Crippen LogP contribution in [0.2, 0.25) is 0 Å². The fourth-order valence-corrected chi connectivity index (χ4v) is 7.96. The minimum absolute atomic E-state index is 0.150. The van der Waals surface area contributed by atoms with Crippen LogP contribution in [0.15, 0.2) is 77.5 Å². The molecule has 0 radical (unpaired) electrons. The molecule has 7 rings (SSSR count). The molecule has 0 fully saturated rings. The molecule has 0 N–H and O–H groups in total. The van der Waals surface area contributed by atoms with Crippen molar-refractivity contribution in [2.45, 2.75) is 25.9 Å². The first-order chi connectivity index (χ1) is 15.7. The predicted molar refractivity (Wildman–Crippen MR) is 127 cm³/mol. The summed E-state index contributed by atoms with van der Waals surface area (Å²) in [5, 5.41) is 1.47. The standard InChI is InChI=1S/C28H19NO2Se/c30-27-20-6-1-2-7-21(20)28(31)23(27)11-16-8-9-19(10-16)29-14-24-22-12-17-4-3-5-18(17)13-25(22)32-26(24)15-29/h1-3,5-9,11-13H,4,10,14-15H2. The number of benzene rings is 2. The monoisotopic (exact) mass is 481 g/mol. The zero-order valence-corrected chi connectivity index (χ0v) is 19.1. The number of Topliss-reactive ketones (excluding diaryl/α,β-unsaturated/α-hetero) is 2. The maximum absolute atomic E-state index is 12.7. The Hall–Kier alpha value is -3.20. The number of nitrogens with zero attached hydrogens (tertiary/aromatic N) is 1. The Morgan fingerprint density at radius 2 is 1.78 bits per heavy atom. The Morgan fingerprint density at radius 3 is 2.59 bits per heavy atom. The Morgan fingerprint density at radius 1 is 0.969 bits per heavy atom. The van der Waals surface area contributed by atoms with Crippen molar-refractivity contribution in [3.8, 4) is 0 Å². The molecule has 0 saturated heterocycles. The van der Waals surface area contributed by atoms with Gasteiger partial charge in [-0.25, -0.2) is 0 Å². The molecular formula is C28H19NO2Se. The Labute approximate surface area is 191 Å². The number of carbonyl (C=O) groups excluding carboxylic acids is 2. The minimum atomic E-state index is -0.150. The maximum atomic E-state index is 12.7. The van der Waals surface area contributed by atoms with E-state index in [9.17, 15) is 9.59 Å². The summed E-state index contributed by atoms with van der Waals surface area (Å²) >= 11 is 0.413. The molecule has 32 heavy (non-hydrogen) atoms. The summed E-state index contributed by atoms with van der Waals surface area (Å²) in [6.45, 7) is 1.96. The number of hydrogen-bond donors (Lipinski definition) is 0. The van der Waals surface area contributed by atoms with Crippen LogP contribution in [0, 0.1) is 0 Å². The van der Waals surface area contributed by atoms with Gasteiger partial charge in [-0.1, -0.05) is 0 Å². The molecule has 0 amide bonds. The molecule has 0 spiro atoms. The summed E-state index contributed by atoms with van der Waals surface area (Å²) in [5.74, 6) is -0.300. The van der Waals surface area contributed by atoms with Crippen LogP contribution in [-0.2, 0) is 19.5 Å². The molecule has 2 aromatic carbocycles. The second kappa shape index (κ2) is 6.65. The van der Waals surface area contributed by atoms with Crippen molar-refractivity contribution < 1.29 is 9.59 Å². The number of carbonyl (C=O) groups is 2. The molecule has 4 aliphatic rings. The third kappa shape index (κ3) is 2.60. The normalized spacial score (nSPS) is 18.4. The van der Waals surface area contributed by atoms with Gasteiger partial charge in [0.1, 0.15) is 0 Å². The fourth-order valence-electron chi connectivity index (χ4n) is 5.31. The third-order valence-corrected chi connectivity index (χ3v) is 9.45. The first-order valence-corrected chi connectivity index (χ1v) is 12.7. The summed E-state index contributed by atoms with van der Waals surface area (Å²) in [4.78, 5) is 27.9. The summed E-state index contributed by atoms with van der Waals surface area (Å²) in [6, 6.07) is 11.9. The number of ketones is 2. The topological polar surface area (TPSA) is 37.4 Å². The van der Waals surface area contributed by atoms with E-state index >= 15 is 0 Å². The Kier molecular flexibility index (Phi) is 3.82. The molecule has 3 nitrogen and oxygen atoms in total. The first kappa shape index (κ1) is 18.4. The SMILES string of the molecule is O=C1C(=CC2=CC=C(N3Cc4[se]c5cc6c(cc5c4C3)CC=C6)C2)C(=O)c2ccccc21. The van der Waals surface area contributed by atoms with Gasteiger partial charge in [0.2, 0.25) is 0 Å². The van der Waals surface area contributed by atoms with Gasteiger partial charge < -0.3 is 0 Å². The molecule has 0 saturated carbocycles. The molecule has 0 bridgehead atoms. The summed E-state index contributed by atoms with van der Waals surface area (Å²) in [5.41, 5.74) is 8.05. The van der Waals surface area contributed by atoms with E-state index in [2.05, 4.69) is 41.3 Å². The Bertz CT molecular complexity index is 1470. The quantitative estimate of drug-likeness (QED) is 0.294. The van der Waals surface area contributed by atoms with Gasteiger partial charge in [0, 0.05) is 0 Å². The molecule has 0 unspecified atom stereocenters. The molecule has 154 valence electrons. The zero-order valence-electron chi connectivity index (χ0n) is 17.4. The van der Waals surface area contributed by atoms with Crippen LogP contribution >= 0.6 is 0 Å². The van der Waals surface area contributed by atoms with Crippen LogP contribution < -0.4 is 0 Å². The average Bonchev–Trinajstić information content (AvgIpc) is 3.60. The summed E-state index contributed by atoms with van der Waals surface area (Å²) < 4.78 is 3.14. The van der Waals surface area contributed by atoms with Gasteiger partial charge in [0.05, 0.1) is 0 Å². The van der Waals surface area contributed by atoms with Crippen LogP contribution in [0.1, 0.15) is 48.3 Å². The van der Waals surface area contributed by atoms with Crippen molar-refractivity contribution in [3.05, 3.63) is 110 Å². The summed E-state index contributed by atoms with van der Waals surface area (Å²) in [6.07, 6.45) is 12.4. The van der Waals surface area contributed by atoms with Crippen molar-refractivity contribution >= 4 is 41.8 Å². The van der Waals surface area contributed by atoms with Crippen LogP contribution in [-0.4, -0.2) is 31.0 Å². The molecule has 3 aliphatic carbocycles. The molecule has 2 heterocycles. The van der Waals surface area contributed by atoms with E-state index in [1.807, 2.05) is 12.1 Å².